The van der Waals surface area contributed by atoms with Gasteiger partial charge in [-0.15, -0.1) is 0 Å². The highest BCUT2D eigenvalue weighted by molar-refractivity contribution is 7.89. The summed E-state index contributed by atoms with van der Waals surface area (Å²) in [4.78, 5) is -0.706. The molecule has 2 saturated heterocycles. The van der Waals surface area contributed by atoms with E-state index in [1.807, 2.05) is 0 Å². The van der Waals surface area contributed by atoms with E-state index in [1.54, 1.807) is 27.7 Å². The molecule has 0 bridgehead atoms. The third kappa shape index (κ3) is 4.04. The Bertz CT molecular complexity index is 901. The van der Waals surface area contributed by atoms with Gasteiger partial charge in [0.15, 0.2) is 0 Å². The van der Waals surface area contributed by atoms with E-state index in [1.165, 1.54) is 0 Å². The van der Waals surface area contributed by atoms with Crippen molar-refractivity contribution in [3.05, 3.63) is 23.8 Å². The van der Waals surface area contributed by atoms with Crippen molar-refractivity contribution in [1.29, 1.82) is 0 Å². The Kier molecular flexibility index (Phi) is 5.13. The summed E-state index contributed by atoms with van der Waals surface area (Å²) in [5, 5.41) is 0. The van der Waals surface area contributed by atoms with Crippen LogP contribution < -0.4 is 5.46 Å². The first kappa shape index (κ1) is 22.5. The maximum atomic E-state index is 13.7. The van der Waals surface area contributed by atoms with E-state index in [0.29, 0.717) is 10.4 Å². The SMILES string of the molecule is CC1(C)OB(c2ccc(S(=O)(=O)N3CCC(F)(F)C3)cc2C(F)(F)F)OC1(C)C. The molecule has 12 heteroatoms. The molecule has 162 valence electrons. The van der Waals surface area contributed by atoms with Crippen molar-refractivity contribution in [3.8, 4) is 0 Å². The van der Waals surface area contributed by atoms with Crippen LogP contribution in [0.15, 0.2) is 23.1 Å². The molecule has 3 rings (SSSR count). The summed E-state index contributed by atoms with van der Waals surface area (Å²) in [6, 6.07) is 2.37. The van der Waals surface area contributed by atoms with Crippen LogP contribution in [0.1, 0.15) is 39.7 Å². The van der Waals surface area contributed by atoms with Crippen molar-refractivity contribution in [3.63, 3.8) is 0 Å². The quantitative estimate of drug-likeness (QED) is 0.535. The maximum Gasteiger partial charge on any atom is 0.495 e. The van der Waals surface area contributed by atoms with E-state index >= 15 is 0 Å². The minimum atomic E-state index is -4.90. The van der Waals surface area contributed by atoms with Crippen LogP contribution in [0, 0.1) is 0 Å². The first-order valence-electron chi connectivity index (χ1n) is 8.91. The molecular weight excluding hydrogens is 420 g/mol. The topological polar surface area (TPSA) is 55.8 Å². The zero-order valence-electron chi connectivity index (χ0n) is 16.3. The molecule has 0 radical (unpaired) electrons. The molecule has 2 aliphatic rings. The molecule has 5 nitrogen and oxygen atoms in total. The summed E-state index contributed by atoms with van der Waals surface area (Å²) < 4.78 is 105. The zero-order chi connectivity index (χ0) is 22.0. The average molecular weight is 441 g/mol. The van der Waals surface area contributed by atoms with Crippen molar-refractivity contribution in [2.45, 2.75) is 62.3 Å². The van der Waals surface area contributed by atoms with Crippen LogP contribution in [-0.2, 0) is 25.5 Å². The lowest BCUT2D eigenvalue weighted by Crippen LogP contribution is -2.41. The molecule has 0 saturated carbocycles. The number of nitrogens with zero attached hydrogens (tertiary/aromatic N) is 1. The van der Waals surface area contributed by atoms with E-state index < -0.39 is 70.4 Å². The lowest BCUT2D eigenvalue weighted by Gasteiger charge is -2.32. The second kappa shape index (κ2) is 6.63. The van der Waals surface area contributed by atoms with Gasteiger partial charge in [-0.3, -0.25) is 0 Å². The first-order chi connectivity index (χ1) is 13.0. The molecule has 0 N–H and O–H groups in total. The lowest BCUT2D eigenvalue weighted by atomic mass is 9.76. The highest BCUT2D eigenvalue weighted by Gasteiger charge is 2.54. The largest absolute Gasteiger partial charge is 0.495 e. The molecular formula is C17H21BF5NO4S. The predicted molar refractivity (Wildman–Crippen MR) is 95.5 cm³/mol. The highest BCUT2D eigenvalue weighted by atomic mass is 32.2. The lowest BCUT2D eigenvalue weighted by molar-refractivity contribution is -0.137. The zero-order valence-corrected chi connectivity index (χ0v) is 17.1. The Morgan fingerprint density at radius 2 is 1.62 bits per heavy atom. The van der Waals surface area contributed by atoms with Gasteiger partial charge in [0.1, 0.15) is 0 Å². The number of hydrogen-bond donors (Lipinski definition) is 0. The molecule has 2 aliphatic heterocycles. The van der Waals surface area contributed by atoms with Gasteiger partial charge in [0.05, 0.1) is 28.2 Å². The second-order valence-corrected chi connectivity index (χ2v) is 10.2. The van der Waals surface area contributed by atoms with Crippen LogP contribution in [0.2, 0.25) is 0 Å². The summed E-state index contributed by atoms with van der Waals surface area (Å²) in [7, 11) is -5.86. The van der Waals surface area contributed by atoms with Gasteiger partial charge >= 0.3 is 13.3 Å². The fraction of sp³-hybridized carbons (Fsp3) is 0.647. The third-order valence-corrected chi connectivity index (χ3v) is 7.45. The van der Waals surface area contributed by atoms with Crippen molar-refractivity contribution in [2.75, 3.05) is 13.1 Å². The van der Waals surface area contributed by atoms with Crippen LogP contribution in [0.4, 0.5) is 22.0 Å². The van der Waals surface area contributed by atoms with Crippen molar-refractivity contribution >= 4 is 22.6 Å². The van der Waals surface area contributed by atoms with E-state index in [2.05, 4.69) is 0 Å². The fourth-order valence-electron chi connectivity index (χ4n) is 3.18. The van der Waals surface area contributed by atoms with Gasteiger partial charge in [0.25, 0.3) is 5.92 Å². The van der Waals surface area contributed by atoms with Crippen LogP contribution in [-0.4, -0.2) is 50.1 Å². The molecule has 2 heterocycles. The number of sulfonamides is 1. The van der Waals surface area contributed by atoms with E-state index in [4.69, 9.17) is 9.31 Å². The van der Waals surface area contributed by atoms with Gasteiger partial charge in [0.2, 0.25) is 10.0 Å². The van der Waals surface area contributed by atoms with Crippen molar-refractivity contribution in [1.82, 2.24) is 4.31 Å². The van der Waals surface area contributed by atoms with Crippen LogP contribution >= 0.6 is 0 Å². The van der Waals surface area contributed by atoms with Gasteiger partial charge in [0, 0.05) is 13.0 Å². The van der Waals surface area contributed by atoms with Gasteiger partial charge in [-0.25, -0.2) is 17.2 Å². The van der Waals surface area contributed by atoms with Gasteiger partial charge in [-0.2, -0.15) is 17.5 Å². The van der Waals surface area contributed by atoms with Gasteiger partial charge in [-0.05, 0) is 45.3 Å². The monoisotopic (exact) mass is 441 g/mol. The van der Waals surface area contributed by atoms with E-state index in [9.17, 15) is 30.4 Å². The molecule has 2 fully saturated rings. The Morgan fingerprint density at radius 1 is 1.07 bits per heavy atom. The minimum absolute atomic E-state index is 0.373. The standard InChI is InChI=1S/C17H21BF5NO4S/c1-14(2)15(3,4)28-18(27-14)13-6-5-11(9-12(13)17(21,22)23)29(25,26)24-8-7-16(19,20)10-24/h5-6,9H,7-8,10H2,1-4H3. The summed E-state index contributed by atoms with van der Waals surface area (Å²) in [5.74, 6) is -3.21. The average Bonchev–Trinajstić information content (AvgIpc) is 3.02. The molecule has 0 aromatic heterocycles. The molecule has 1 aromatic rings. The third-order valence-electron chi connectivity index (χ3n) is 5.61. The number of halogens is 5. The maximum absolute atomic E-state index is 13.7. The number of benzene rings is 1. The summed E-state index contributed by atoms with van der Waals surface area (Å²) in [5.41, 5.74) is -3.41. The smallest absolute Gasteiger partial charge is 0.399 e. The first-order valence-corrected chi connectivity index (χ1v) is 10.4. The molecule has 0 aliphatic carbocycles. The molecule has 0 atom stereocenters. The molecule has 0 unspecified atom stereocenters. The van der Waals surface area contributed by atoms with Crippen molar-refractivity contribution < 1.29 is 39.7 Å². The number of rotatable bonds is 3. The summed E-state index contributed by atoms with van der Waals surface area (Å²) in [6.45, 7) is 5.17. The Balaban J connectivity index is 2.03. The Morgan fingerprint density at radius 3 is 2.07 bits per heavy atom. The second-order valence-electron chi connectivity index (χ2n) is 8.28. The molecule has 29 heavy (non-hydrogen) atoms. The highest BCUT2D eigenvalue weighted by Crippen LogP contribution is 2.39. The fourth-order valence-corrected chi connectivity index (χ4v) is 4.67. The minimum Gasteiger partial charge on any atom is -0.399 e. The van der Waals surface area contributed by atoms with Crippen LogP contribution in [0.25, 0.3) is 0 Å². The van der Waals surface area contributed by atoms with Crippen LogP contribution in [0.3, 0.4) is 0 Å². The van der Waals surface area contributed by atoms with Gasteiger partial charge in [-0.1, -0.05) is 6.07 Å². The normalized spacial score (nSPS) is 24.2. The molecule has 1 aromatic carbocycles. The Hall–Kier alpha value is -1.24. The van der Waals surface area contributed by atoms with Crippen molar-refractivity contribution in [2.24, 2.45) is 0 Å². The molecule has 0 amide bonds. The van der Waals surface area contributed by atoms with Crippen LogP contribution in [0.5, 0.6) is 0 Å². The summed E-state index contributed by atoms with van der Waals surface area (Å²) in [6.07, 6.45) is -5.58. The van der Waals surface area contributed by atoms with E-state index in [-0.39, 0.29) is 5.46 Å². The van der Waals surface area contributed by atoms with Gasteiger partial charge < -0.3 is 9.31 Å². The van der Waals surface area contributed by atoms with E-state index in [0.717, 1.165) is 12.1 Å². The molecule has 0 spiro atoms. The number of alkyl halides is 5. The summed E-state index contributed by atoms with van der Waals surface area (Å²) >= 11 is 0. The Labute approximate surface area is 166 Å². The predicted octanol–water partition coefficient (Wildman–Crippen LogP) is 3.03. The number of hydrogen-bond acceptors (Lipinski definition) is 4.